The van der Waals surface area contributed by atoms with Gasteiger partial charge in [-0.05, 0) is 97.1 Å². The van der Waals surface area contributed by atoms with Crippen molar-refractivity contribution >= 4 is 75.4 Å². The van der Waals surface area contributed by atoms with Crippen LogP contribution in [0.5, 0.6) is 5.75 Å². The number of phenolic OH excluding ortho intramolecular Hbond substituents is 1. The second kappa shape index (κ2) is 15.6. The van der Waals surface area contributed by atoms with Crippen LogP contribution in [0.1, 0.15) is 35.4 Å². The lowest BCUT2D eigenvalue weighted by atomic mass is 9.49. The molecule has 0 radical (unpaired) electrons. The molecule has 0 bridgehead atoms. The molecular formula is C46H36Cl2F3N7O5. The highest BCUT2D eigenvalue weighted by Crippen LogP contribution is 2.65. The molecule has 4 aliphatic rings. The summed E-state index contributed by atoms with van der Waals surface area (Å²) in [5, 5.41) is 20.7. The van der Waals surface area contributed by atoms with Gasteiger partial charge in [-0.2, -0.15) is 28.4 Å². The molecule has 4 amide bonds. The number of nitrogens with one attached hydrogen (secondary N) is 1. The van der Waals surface area contributed by atoms with Crippen molar-refractivity contribution in [3.63, 3.8) is 0 Å². The van der Waals surface area contributed by atoms with Crippen molar-refractivity contribution in [2.45, 2.75) is 30.4 Å². The number of carbonyl (C=O) groups excluding carboxylic acids is 4. The van der Waals surface area contributed by atoms with Gasteiger partial charge in [0.2, 0.25) is 11.8 Å². The maximum atomic E-state index is 15.3. The van der Waals surface area contributed by atoms with Gasteiger partial charge in [-0.3, -0.25) is 29.5 Å². The van der Waals surface area contributed by atoms with Gasteiger partial charge in [0.05, 0.1) is 50.8 Å². The van der Waals surface area contributed by atoms with Gasteiger partial charge < -0.3 is 10.0 Å². The van der Waals surface area contributed by atoms with E-state index in [9.17, 15) is 32.7 Å². The second-order valence-electron chi connectivity index (χ2n) is 16.1. The van der Waals surface area contributed by atoms with Gasteiger partial charge in [0.15, 0.2) is 5.82 Å². The highest BCUT2D eigenvalue weighted by atomic mass is 35.5. The number of rotatable bonds is 8. The van der Waals surface area contributed by atoms with Crippen molar-refractivity contribution in [2.75, 3.05) is 29.3 Å². The summed E-state index contributed by atoms with van der Waals surface area (Å²) < 4.78 is 40.6. The Bertz CT molecular complexity index is 2750. The molecule has 12 nitrogen and oxygen atoms in total. The number of fused-ring (bicyclic) bond motifs is 4. The van der Waals surface area contributed by atoms with E-state index in [1.807, 2.05) is 49.3 Å². The molecule has 63 heavy (non-hydrogen) atoms. The van der Waals surface area contributed by atoms with Crippen LogP contribution in [0.25, 0.3) is 0 Å². The standard InChI is InChI=1S/C46H36Cl2F3N7O5/c1-56(2)29-15-11-27(12-16-29)53-54-28-13-17-30(18-14-28)57-41(60)33-20-19-31-34(38(33)43(57)62)22-35-42(61)58(55-40-36(48)21-25(23-52-40)46(49,50)51)44(63)45(35,24-7-9-26(47)10-8-24)39(31)32-5-3-4-6-37(32)59/h3-19,21,23,33-35,38-39,59H,20,22H2,1-2H3,(H,52,55). The summed E-state index contributed by atoms with van der Waals surface area (Å²) in [7, 11) is 3.87. The number of halogens is 5. The zero-order chi connectivity index (χ0) is 44.5. The second-order valence-corrected chi connectivity index (χ2v) is 17.0. The number of nitrogens with zero attached hydrogens (tertiary/aromatic N) is 6. The molecule has 5 aromatic rings. The Balaban J connectivity index is 1.10. The summed E-state index contributed by atoms with van der Waals surface area (Å²) in [4.78, 5) is 66.2. The van der Waals surface area contributed by atoms with Crippen molar-refractivity contribution in [3.05, 3.63) is 148 Å². The molecule has 17 heteroatoms. The van der Waals surface area contributed by atoms with E-state index in [0.717, 1.165) is 10.6 Å². The summed E-state index contributed by atoms with van der Waals surface area (Å²) in [5.41, 5.74) is 3.35. The number of allylic oxidation sites excluding steroid dienone is 2. The molecule has 1 saturated carbocycles. The molecule has 0 spiro atoms. The number of aromatic hydroxyl groups is 1. The largest absolute Gasteiger partial charge is 0.508 e. The van der Waals surface area contributed by atoms with E-state index in [1.165, 1.54) is 6.07 Å². The number of amides is 4. The smallest absolute Gasteiger partial charge is 0.417 e. The van der Waals surface area contributed by atoms with Crippen LogP contribution in [0.2, 0.25) is 10.0 Å². The average Bonchev–Trinajstić information content (AvgIpc) is 3.64. The van der Waals surface area contributed by atoms with Crippen molar-refractivity contribution in [1.82, 2.24) is 9.99 Å². The fourth-order valence-corrected chi connectivity index (χ4v) is 10.0. The Hall–Kier alpha value is -6.58. The topological polar surface area (TPSA) is 148 Å². The van der Waals surface area contributed by atoms with Crippen LogP contribution in [-0.2, 0) is 30.8 Å². The van der Waals surface area contributed by atoms with E-state index < -0.39 is 75.4 Å². The number of hydrogen-bond donors (Lipinski definition) is 2. The number of hydrogen-bond acceptors (Lipinski definition) is 10. The number of pyridine rings is 1. The fraction of sp³-hybridized carbons (Fsp3) is 0.239. The van der Waals surface area contributed by atoms with E-state index in [-0.39, 0.29) is 30.0 Å². The van der Waals surface area contributed by atoms with Crippen LogP contribution in [0, 0.1) is 23.7 Å². The molecule has 2 aliphatic heterocycles. The van der Waals surface area contributed by atoms with Crippen LogP contribution in [0.3, 0.4) is 0 Å². The number of hydrazine groups is 1. The number of aromatic nitrogens is 1. The number of carbonyl (C=O) groups is 4. The van der Waals surface area contributed by atoms with Crippen LogP contribution >= 0.6 is 23.2 Å². The molecule has 1 aromatic heterocycles. The van der Waals surface area contributed by atoms with E-state index >= 15 is 4.79 Å². The van der Waals surface area contributed by atoms with Gasteiger partial charge in [0.1, 0.15) is 5.75 Å². The van der Waals surface area contributed by atoms with Gasteiger partial charge in [0, 0.05) is 42.5 Å². The number of anilines is 3. The van der Waals surface area contributed by atoms with E-state index in [0.29, 0.717) is 50.5 Å². The number of benzene rings is 4. The van der Waals surface area contributed by atoms with E-state index in [1.54, 1.807) is 66.7 Å². The summed E-state index contributed by atoms with van der Waals surface area (Å²) in [5.74, 6) is -7.90. The molecule has 3 heterocycles. The Morgan fingerprint density at radius 2 is 1.49 bits per heavy atom. The highest BCUT2D eigenvalue weighted by molar-refractivity contribution is 6.33. The van der Waals surface area contributed by atoms with E-state index in [4.69, 9.17) is 23.2 Å². The van der Waals surface area contributed by atoms with E-state index in [2.05, 4.69) is 20.6 Å². The monoisotopic (exact) mass is 893 g/mol. The molecule has 2 saturated heterocycles. The van der Waals surface area contributed by atoms with Gasteiger partial charge in [-0.25, -0.2) is 4.98 Å². The first-order valence-corrected chi connectivity index (χ1v) is 20.6. The van der Waals surface area contributed by atoms with Gasteiger partial charge in [-0.1, -0.05) is 65.2 Å². The van der Waals surface area contributed by atoms with Crippen molar-refractivity contribution in [1.29, 1.82) is 0 Å². The Kier molecular flexibility index (Phi) is 10.4. The minimum Gasteiger partial charge on any atom is -0.508 e. The van der Waals surface area contributed by atoms with Crippen molar-refractivity contribution < 1.29 is 37.5 Å². The first-order chi connectivity index (χ1) is 30.1. The predicted molar refractivity (Wildman–Crippen MR) is 229 cm³/mol. The third-order valence-electron chi connectivity index (χ3n) is 12.6. The number of imide groups is 2. The SMILES string of the molecule is CN(C)c1ccc(N=Nc2ccc(N3C(=O)C4CC=C5C(CC6C(=O)N(Nc7ncc(C(F)(F)F)cc7Cl)C(=O)C6(c6ccc(Cl)cc6)C5c5ccccc5O)C4C3=O)cc2)cc1. The molecule has 9 rings (SSSR count). The molecule has 2 aliphatic carbocycles. The summed E-state index contributed by atoms with van der Waals surface area (Å²) in [6.07, 6.45) is -2.36. The lowest BCUT2D eigenvalue weighted by molar-refractivity contribution is -0.139. The zero-order valence-electron chi connectivity index (χ0n) is 33.4. The van der Waals surface area contributed by atoms with Gasteiger partial charge in [-0.15, -0.1) is 0 Å². The molecule has 6 unspecified atom stereocenters. The van der Waals surface area contributed by atoms with Crippen LogP contribution in [0.15, 0.2) is 131 Å². The van der Waals surface area contributed by atoms with Crippen LogP contribution in [0.4, 0.5) is 41.7 Å². The third kappa shape index (κ3) is 6.90. The molecule has 320 valence electrons. The summed E-state index contributed by atoms with van der Waals surface area (Å²) in [6.45, 7) is 0. The Labute approximate surface area is 368 Å². The third-order valence-corrected chi connectivity index (χ3v) is 13.1. The number of azo groups is 1. The maximum absolute atomic E-state index is 15.3. The first kappa shape index (κ1) is 41.8. The number of alkyl halides is 3. The summed E-state index contributed by atoms with van der Waals surface area (Å²) in [6, 6.07) is 27.4. The highest BCUT2D eigenvalue weighted by Gasteiger charge is 2.70. The minimum absolute atomic E-state index is 0.0850. The lowest BCUT2D eigenvalue weighted by Crippen LogP contribution is -2.53. The Morgan fingerprint density at radius 3 is 2.11 bits per heavy atom. The fourth-order valence-electron chi connectivity index (χ4n) is 9.71. The van der Waals surface area contributed by atoms with Crippen molar-refractivity contribution in [3.8, 4) is 5.75 Å². The molecule has 6 atom stereocenters. The predicted octanol–water partition coefficient (Wildman–Crippen LogP) is 9.78. The molecule has 3 fully saturated rings. The normalized spacial score (nSPS) is 24.4. The number of phenols is 1. The average molecular weight is 895 g/mol. The molecule has 2 N–H and O–H groups in total. The Morgan fingerprint density at radius 1 is 0.841 bits per heavy atom. The van der Waals surface area contributed by atoms with Crippen LogP contribution in [-0.4, -0.2) is 52.8 Å². The first-order valence-electron chi connectivity index (χ1n) is 19.9. The van der Waals surface area contributed by atoms with Crippen LogP contribution < -0.4 is 15.2 Å². The number of para-hydroxylation sites is 1. The quantitative estimate of drug-likeness (QED) is 0.0889. The van der Waals surface area contributed by atoms with Gasteiger partial charge >= 0.3 is 6.18 Å². The summed E-state index contributed by atoms with van der Waals surface area (Å²) >= 11 is 12.6. The minimum atomic E-state index is -4.77. The van der Waals surface area contributed by atoms with Crippen molar-refractivity contribution in [2.24, 2.45) is 33.9 Å². The molecule has 4 aromatic carbocycles. The maximum Gasteiger partial charge on any atom is 0.417 e. The lowest BCUT2D eigenvalue weighted by Gasteiger charge is -2.50. The zero-order valence-corrected chi connectivity index (χ0v) is 34.9. The molecular weight excluding hydrogens is 858 g/mol. The van der Waals surface area contributed by atoms with Gasteiger partial charge in [0.25, 0.3) is 11.8 Å².